The van der Waals surface area contributed by atoms with Crippen LogP contribution < -0.4 is 5.32 Å². The number of rotatable bonds is 9. The molecule has 0 bridgehead atoms. The number of nitrogens with one attached hydrogen (secondary N) is 2. The van der Waals surface area contributed by atoms with Crippen LogP contribution in [0.15, 0.2) is 54.7 Å². The molecule has 1 atom stereocenters. The largest absolute Gasteiger partial charge is 0.454 e. The minimum atomic E-state index is -0.874. The standard InChI is InChI=1S/C24H26N2O4/c1-3-6-22(27)26-19-12-9-17(10-13-19)24(29)16(2)30-23(28)14-11-18-15-25-21-8-5-4-7-20(18)21/h4-5,7-10,12-13,15-16,25H,3,6,11,14H2,1-2H3,(H,26,27)/t16-/m1/s1. The van der Waals surface area contributed by atoms with Crippen molar-refractivity contribution in [2.45, 2.75) is 45.6 Å². The van der Waals surface area contributed by atoms with E-state index in [0.717, 1.165) is 22.9 Å². The molecule has 30 heavy (non-hydrogen) atoms. The third-order valence-corrected chi connectivity index (χ3v) is 4.88. The van der Waals surface area contributed by atoms with Gasteiger partial charge in [0.25, 0.3) is 0 Å². The van der Waals surface area contributed by atoms with Crippen LogP contribution in [0.25, 0.3) is 10.9 Å². The Morgan fingerprint density at radius 3 is 2.50 bits per heavy atom. The first-order valence-corrected chi connectivity index (χ1v) is 10.2. The van der Waals surface area contributed by atoms with Crippen molar-refractivity contribution in [2.24, 2.45) is 0 Å². The fourth-order valence-electron chi connectivity index (χ4n) is 3.29. The number of esters is 1. The molecule has 0 saturated carbocycles. The molecule has 0 unspecified atom stereocenters. The van der Waals surface area contributed by atoms with Crippen LogP contribution in [0, 0.1) is 0 Å². The van der Waals surface area contributed by atoms with Gasteiger partial charge in [-0.3, -0.25) is 14.4 Å². The van der Waals surface area contributed by atoms with Gasteiger partial charge in [-0.05, 0) is 55.7 Å². The van der Waals surface area contributed by atoms with Crippen LogP contribution in [0.2, 0.25) is 0 Å². The monoisotopic (exact) mass is 406 g/mol. The summed E-state index contributed by atoms with van der Waals surface area (Å²) in [5.41, 5.74) is 3.13. The number of aryl methyl sites for hydroxylation is 1. The fraction of sp³-hybridized carbons (Fsp3) is 0.292. The lowest BCUT2D eigenvalue weighted by atomic mass is 10.1. The van der Waals surface area contributed by atoms with Gasteiger partial charge in [-0.25, -0.2) is 0 Å². The first kappa shape index (κ1) is 21.3. The lowest BCUT2D eigenvalue weighted by molar-refractivity contribution is -0.146. The molecule has 3 rings (SSSR count). The Morgan fingerprint density at radius 2 is 1.77 bits per heavy atom. The Kier molecular flexibility index (Phi) is 7.01. The SMILES string of the molecule is CCCC(=O)Nc1ccc(C(=O)[C@@H](C)OC(=O)CCc2c[nH]c3ccccc23)cc1. The number of benzene rings is 2. The van der Waals surface area contributed by atoms with Gasteiger partial charge in [0.15, 0.2) is 6.10 Å². The normalized spacial score (nSPS) is 11.8. The van der Waals surface area contributed by atoms with E-state index < -0.39 is 12.1 Å². The summed E-state index contributed by atoms with van der Waals surface area (Å²) in [7, 11) is 0. The molecule has 156 valence electrons. The van der Waals surface area contributed by atoms with Gasteiger partial charge in [-0.15, -0.1) is 0 Å². The lowest BCUT2D eigenvalue weighted by Gasteiger charge is -2.13. The number of ether oxygens (including phenoxy) is 1. The quantitative estimate of drug-likeness (QED) is 0.400. The molecule has 0 spiro atoms. The third-order valence-electron chi connectivity index (χ3n) is 4.88. The zero-order valence-corrected chi connectivity index (χ0v) is 17.2. The molecule has 0 aliphatic carbocycles. The molecule has 2 N–H and O–H groups in total. The van der Waals surface area contributed by atoms with Crippen molar-refractivity contribution in [3.8, 4) is 0 Å². The number of hydrogen-bond donors (Lipinski definition) is 2. The molecule has 6 heteroatoms. The topological polar surface area (TPSA) is 88.3 Å². The van der Waals surface area contributed by atoms with Crippen LogP contribution in [0.1, 0.15) is 49.0 Å². The number of fused-ring (bicyclic) bond motifs is 1. The highest BCUT2D eigenvalue weighted by Gasteiger charge is 2.20. The Hall–Kier alpha value is -3.41. The van der Waals surface area contributed by atoms with Gasteiger partial charge < -0.3 is 15.0 Å². The highest BCUT2D eigenvalue weighted by molar-refractivity contribution is 6.00. The maximum absolute atomic E-state index is 12.6. The molecule has 0 fully saturated rings. The third kappa shape index (κ3) is 5.35. The van der Waals surface area contributed by atoms with Crippen LogP contribution in [-0.4, -0.2) is 28.7 Å². The van der Waals surface area contributed by atoms with E-state index in [0.29, 0.717) is 24.1 Å². The van der Waals surface area contributed by atoms with E-state index >= 15 is 0 Å². The number of hydrogen-bond acceptors (Lipinski definition) is 4. The molecule has 1 aromatic heterocycles. The van der Waals surface area contributed by atoms with E-state index in [1.807, 2.05) is 37.4 Å². The number of Topliss-reactive ketones (excluding diaryl/α,β-unsaturated/α-hetero) is 1. The second kappa shape index (κ2) is 9.87. The highest BCUT2D eigenvalue weighted by atomic mass is 16.5. The molecule has 1 heterocycles. The molecule has 0 saturated heterocycles. The van der Waals surface area contributed by atoms with Gasteiger partial charge in [0.2, 0.25) is 11.7 Å². The van der Waals surface area contributed by atoms with E-state index in [4.69, 9.17) is 4.74 Å². The molecule has 0 aliphatic heterocycles. The Labute approximate surface area is 175 Å². The van der Waals surface area contributed by atoms with Gasteiger partial charge in [0.05, 0.1) is 0 Å². The predicted octanol–water partition coefficient (Wildman–Crippen LogP) is 4.65. The Bertz CT molecular complexity index is 1040. The zero-order valence-electron chi connectivity index (χ0n) is 17.2. The summed E-state index contributed by atoms with van der Waals surface area (Å²) in [5, 5.41) is 3.86. The zero-order chi connectivity index (χ0) is 21.5. The number of para-hydroxylation sites is 1. The Balaban J connectivity index is 1.52. The van der Waals surface area contributed by atoms with E-state index in [9.17, 15) is 14.4 Å². The van der Waals surface area contributed by atoms with Gasteiger partial charge in [-0.2, -0.15) is 0 Å². The molecule has 3 aromatic rings. The number of carbonyl (C=O) groups excluding carboxylic acids is 3. The van der Waals surface area contributed by atoms with Crippen LogP contribution in [-0.2, 0) is 20.7 Å². The summed E-state index contributed by atoms with van der Waals surface area (Å²) in [4.78, 5) is 39.6. The average molecular weight is 406 g/mol. The molecule has 6 nitrogen and oxygen atoms in total. The second-order valence-corrected chi connectivity index (χ2v) is 7.23. The van der Waals surface area contributed by atoms with Gasteiger partial charge >= 0.3 is 5.97 Å². The van der Waals surface area contributed by atoms with Gasteiger partial charge in [-0.1, -0.05) is 25.1 Å². The number of carbonyl (C=O) groups is 3. The van der Waals surface area contributed by atoms with E-state index in [2.05, 4.69) is 10.3 Å². The minimum Gasteiger partial charge on any atom is -0.454 e. The lowest BCUT2D eigenvalue weighted by Crippen LogP contribution is -2.24. The molecule has 1 amide bonds. The maximum Gasteiger partial charge on any atom is 0.306 e. The van der Waals surface area contributed by atoms with Crippen LogP contribution in [0.3, 0.4) is 0 Å². The van der Waals surface area contributed by atoms with Crippen molar-refractivity contribution in [3.63, 3.8) is 0 Å². The summed E-state index contributed by atoms with van der Waals surface area (Å²) < 4.78 is 5.34. The highest BCUT2D eigenvalue weighted by Crippen LogP contribution is 2.19. The molecular formula is C24H26N2O4. The first-order chi connectivity index (χ1) is 14.5. The minimum absolute atomic E-state index is 0.0610. The van der Waals surface area contributed by atoms with Gasteiger partial charge in [0, 0.05) is 41.2 Å². The summed E-state index contributed by atoms with van der Waals surface area (Å²) in [6.45, 7) is 3.51. The summed E-state index contributed by atoms with van der Waals surface area (Å²) in [6, 6.07) is 14.5. The summed E-state index contributed by atoms with van der Waals surface area (Å²) in [6.07, 6.45) is 2.98. The van der Waals surface area contributed by atoms with E-state index in [1.54, 1.807) is 31.2 Å². The summed E-state index contributed by atoms with van der Waals surface area (Å²) in [5.74, 6) is -0.750. The van der Waals surface area contributed by atoms with Crippen molar-refractivity contribution in [2.75, 3.05) is 5.32 Å². The number of ketones is 1. The van der Waals surface area contributed by atoms with Crippen molar-refractivity contribution >= 4 is 34.3 Å². The average Bonchev–Trinajstić information content (AvgIpc) is 3.15. The molecular weight excluding hydrogens is 380 g/mol. The van der Waals surface area contributed by atoms with Crippen molar-refractivity contribution < 1.29 is 19.1 Å². The maximum atomic E-state index is 12.6. The van der Waals surface area contributed by atoms with Gasteiger partial charge in [0.1, 0.15) is 0 Å². The number of anilines is 1. The number of H-pyrrole nitrogens is 1. The van der Waals surface area contributed by atoms with E-state index in [-0.39, 0.29) is 18.1 Å². The molecule has 0 aliphatic rings. The van der Waals surface area contributed by atoms with Crippen molar-refractivity contribution in [3.05, 3.63) is 65.9 Å². The molecule has 2 aromatic carbocycles. The molecule has 0 radical (unpaired) electrons. The fourth-order valence-corrected chi connectivity index (χ4v) is 3.29. The predicted molar refractivity (Wildman–Crippen MR) is 116 cm³/mol. The second-order valence-electron chi connectivity index (χ2n) is 7.23. The number of amides is 1. The smallest absolute Gasteiger partial charge is 0.306 e. The summed E-state index contributed by atoms with van der Waals surface area (Å²) >= 11 is 0. The van der Waals surface area contributed by atoms with E-state index in [1.165, 1.54) is 0 Å². The Morgan fingerprint density at radius 1 is 1.03 bits per heavy atom. The number of aromatic nitrogens is 1. The van der Waals surface area contributed by atoms with Crippen molar-refractivity contribution in [1.29, 1.82) is 0 Å². The number of aromatic amines is 1. The van der Waals surface area contributed by atoms with Crippen molar-refractivity contribution in [1.82, 2.24) is 4.98 Å². The first-order valence-electron chi connectivity index (χ1n) is 10.2. The van der Waals surface area contributed by atoms with Crippen LogP contribution in [0.4, 0.5) is 5.69 Å². The van der Waals surface area contributed by atoms with Crippen LogP contribution >= 0.6 is 0 Å². The van der Waals surface area contributed by atoms with Crippen LogP contribution in [0.5, 0.6) is 0 Å².